The van der Waals surface area contributed by atoms with Crippen molar-refractivity contribution in [2.45, 2.75) is 13.8 Å². The molecule has 148 valence electrons. The highest BCUT2D eigenvalue weighted by Crippen LogP contribution is 2.19. The lowest BCUT2D eigenvalue weighted by atomic mass is 10.1. The second-order valence-electron chi connectivity index (χ2n) is 5.94. The first-order valence-electron chi connectivity index (χ1n) is 8.13. The van der Waals surface area contributed by atoms with E-state index in [1.165, 1.54) is 0 Å². The number of anilines is 1. The molecule has 0 saturated heterocycles. The molecule has 0 fully saturated rings. The molecular formula is C19H17F3N2O4. The van der Waals surface area contributed by atoms with E-state index in [9.17, 15) is 27.6 Å². The summed E-state index contributed by atoms with van der Waals surface area (Å²) in [5.41, 5.74) is 1.28. The van der Waals surface area contributed by atoms with E-state index in [0.717, 1.165) is 11.6 Å². The smallest absolute Gasteiger partial charge is 0.338 e. The first-order valence-corrected chi connectivity index (χ1v) is 8.13. The van der Waals surface area contributed by atoms with Crippen LogP contribution >= 0.6 is 0 Å². The van der Waals surface area contributed by atoms with Gasteiger partial charge in [-0.2, -0.15) is 0 Å². The van der Waals surface area contributed by atoms with Crippen LogP contribution < -0.4 is 10.6 Å². The average Bonchev–Trinajstić information content (AvgIpc) is 2.66. The van der Waals surface area contributed by atoms with Crippen LogP contribution in [0.4, 0.5) is 18.9 Å². The molecule has 2 amide bonds. The van der Waals surface area contributed by atoms with Crippen LogP contribution in [0.1, 0.15) is 21.5 Å². The zero-order valence-electron chi connectivity index (χ0n) is 15.1. The maximum Gasteiger partial charge on any atom is 0.338 e. The second-order valence-corrected chi connectivity index (χ2v) is 5.94. The minimum absolute atomic E-state index is 0.319. The predicted molar refractivity (Wildman–Crippen MR) is 94.2 cm³/mol. The topological polar surface area (TPSA) is 84.5 Å². The number of carbonyl (C=O) groups excluding carboxylic acids is 3. The van der Waals surface area contributed by atoms with Crippen molar-refractivity contribution in [1.82, 2.24) is 5.32 Å². The fourth-order valence-electron chi connectivity index (χ4n) is 2.21. The Morgan fingerprint density at radius 2 is 1.68 bits per heavy atom. The molecule has 0 aromatic heterocycles. The summed E-state index contributed by atoms with van der Waals surface area (Å²) in [5.74, 6) is -7.00. The Hall–Kier alpha value is -3.36. The van der Waals surface area contributed by atoms with E-state index in [-0.39, 0.29) is 0 Å². The van der Waals surface area contributed by atoms with Crippen molar-refractivity contribution in [3.8, 4) is 0 Å². The number of amides is 2. The van der Waals surface area contributed by atoms with Gasteiger partial charge in [0.25, 0.3) is 5.91 Å². The van der Waals surface area contributed by atoms with Crippen molar-refractivity contribution in [1.29, 1.82) is 0 Å². The summed E-state index contributed by atoms with van der Waals surface area (Å²) in [6, 6.07) is 6.69. The molecule has 2 rings (SSSR count). The average molecular weight is 394 g/mol. The standard InChI is InChI=1S/C19H17F3N2O4/c1-10-3-4-11(2)12(7-10)19(27)28-9-16(26)23-8-15(25)24-14-6-5-13(20)17(21)18(14)22/h3-7H,8-9H2,1-2H3,(H,23,26)(H,24,25). The summed E-state index contributed by atoms with van der Waals surface area (Å²) in [6.45, 7) is 2.31. The van der Waals surface area contributed by atoms with E-state index in [4.69, 9.17) is 4.74 Å². The van der Waals surface area contributed by atoms with Crippen molar-refractivity contribution in [2.24, 2.45) is 0 Å². The third-order valence-electron chi connectivity index (χ3n) is 3.70. The lowest BCUT2D eigenvalue weighted by molar-refractivity contribution is -0.126. The molecule has 0 unspecified atom stereocenters. The Balaban J connectivity index is 1.82. The Morgan fingerprint density at radius 3 is 2.39 bits per heavy atom. The lowest BCUT2D eigenvalue weighted by Gasteiger charge is -2.10. The van der Waals surface area contributed by atoms with Gasteiger partial charge in [0.2, 0.25) is 5.91 Å². The van der Waals surface area contributed by atoms with Crippen molar-refractivity contribution < 1.29 is 32.3 Å². The third-order valence-corrected chi connectivity index (χ3v) is 3.70. The van der Waals surface area contributed by atoms with Crippen molar-refractivity contribution >= 4 is 23.5 Å². The molecule has 28 heavy (non-hydrogen) atoms. The minimum atomic E-state index is -1.72. The Kier molecular flexibility index (Phi) is 6.75. The van der Waals surface area contributed by atoms with Gasteiger partial charge in [-0.25, -0.2) is 18.0 Å². The molecule has 0 spiro atoms. The quantitative estimate of drug-likeness (QED) is 0.583. The fraction of sp³-hybridized carbons (Fsp3) is 0.211. The molecule has 2 aromatic carbocycles. The monoisotopic (exact) mass is 394 g/mol. The number of hydrogen-bond donors (Lipinski definition) is 2. The maximum absolute atomic E-state index is 13.5. The highest BCUT2D eigenvalue weighted by atomic mass is 19.2. The van der Waals surface area contributed by atoms with Crippen LogP contribution in [-0.2, 0) is 14.3 Å². The fourth-order valence-corrected chi connectivity index (χ4v) is 2.21. The molecular weight excluding hydrogens is 377 g/mol. The second kappa shape index (κ2) is 9.03. The largest absolute Gasteiger partial charge is 0.452 e. The molecule has 0 radical (unpaired) electrons. The molecule has 2 aromatic rings. The van der Waals surface area contributed by atoms with Crippen LogP contribution in [0.2, 0.25) is 0 Å². The Labute approximate surface area is 158 Å². The van der Waals surface area contributed by atoms with Gasteiger partial charge in [0.1, 0.15) is 0 Å². The third kappa shape index (κ3) is 5.32. The van der Waals surface area contributed by atoms with Crippen molar-refractivity contribution in [3.63, 3.8) is 0 Å². The molecule has 6 nitrogen and oxygen atoms in total. The number of nitrogens with one attached hydrogen (secondary N) is 2. The predicted octanol–water partition coefficient (Wildman–Crippen LogP) is 2.63. The van der Waals surface area contributed by atoms with Gasteiger partial charge in [-0.15, -0.1) is 0 Å². The number of halogens is 3. The van der Waals surface area contributed by atoms with Gasteiger partial charge in [0, 0.05) is 0 Å². The SMILES string of the molecule is Cc1ccc(C)c(C(=O)OCC(=O)NCC(=O)Nc2ccc(F)c(F)c2F)c1. The van der Waals surface area contributed by atoms with Crippen LogP contribution in [0.5, 0.6) is 0 Å². The van der Waals surface area contributed by atoms with E-state index in [1.54, 1.807) is 26.0 Å². The molecule has 0 bridgehead atoms. The number of hydrogen-bond acceptors (Lipinski definition) is 4. The summed E-state index contributed by atoms with van der Waals surface area (Å²) in [6.07, 6.45) is 0. The Bertz CT molecular complexity index is 932. The van der Waals surface area contributed by atoms with Gasteiger partial charge in [0.05, 0.1) is 17.8 Å². The molecule has 2 N–H and O–H groups in total. The summed E-state index contributed by atoms with van der Waals surface area (Å²) in [5, 5.41) is 4.16. The van der Waals surface area contributed by atoms with E-state index >= 15 is 0 Å². The molecule has 0 aliphatic carbocycles. The van der Waals surface area contributed by atoms with Gasteiger partial charge < -0.3 is 15.4 Å². The first-order chi connectivity index (χ1) is 13.2. The first kappa shape index (κ1) is 20.9. The van der Waals surface area contributed by atoms with Crippen LogP contribution in [0.15, 0.2) is 30.3 Å². The zero-order chi connectivity index (χ0) is 20.8. The molecule has 9 heteroatoms. The van der Waals surface area contributed by atoms with E-state index < -0.39 is 54.1 Å². The van der Waals surface area contributed by atoms with Crippen LogP contribution in [0, 0.1) is 31.3 Å². The maximum atomic E-state index is 13.5. The molecule has 0 saturated carbocycles. The molecule has 0 atom stereocenters. The summed E-state index contributed by atoms with van der Waals surface area (Å²) < 4.78 is 44.3. The normalized spacial score (nSPS) is 10.3. The summed E-state index contributed by atoms with van der Waals surface area (Å²) >= 11 is 0. The summed E-state index contributed by atoms with van der Waals surface area (Å²) in [4.78, 5) is 35.4. The highest BCUT2D eigenvalue weighted by Gasteiger charge is 2.16. The van der Waals surface area contributed by atoms with Gasteiger partial charge in [-0.3, -0.25) is 9.59 Å². The van der Waals surface area contributed by atoms with Gasteiger partial charge in [-0.05, 0) is 37.6 Å². The van der Waals surface area contributed by atoms with E-state index in [0.29, 0.717) is 17.2 Å². The highest BCUT2D eigenvalue weighted by molar-refractivity contribution is 5.96. The Morgan fingerprint density at radius 1 is 0.964 bits per heavy atom. The van der Waals surface area contributed by atoms with Crippen LogP contribution in [0.3, 0.4) is 0 Å². The van der Waals surface area contributed by atoms with Crippen molar-refractivity contribution in [3.05, 3.63) is 64.5 Å². The number of aryl methyl sites for hydroxylation is 2. The van der Waals surface area contributed by atoms with E-state index in [2.05, 4.69) is 5.32 Å². The minimum Gasteiger partial charge on any atom is -0.452 e. The lowest BCUT2D eigenvalue weighted by Crippen LogP contribution is -2.35. The number of esters is 1. The molecule has 0 aliphatic heterocycles. The zero-order valence-corrected chi connectivity index (χ0v) is 15.1. The number of benzene rings is 2. The number of carbonyl (C=O) groups is 3. The molecule has 0 aliphatic rings. The van der Waals surface area contributed by atoms with Crippen molar-refractivity contribution in [2.75, 3.05) is 18.5 Å². The van der Waals surface area contributed by atoms with Gasteiger partial charge in [0.15, 0.2) is 24.1 Å². The van der Waals surface area contributed by atoms with Gasteiger partial charge in [-0.1, -0.05) is 17.7 Å². The van der Waals surface area contributed by atoms with Crippen LogP contribution in [-0.4, -0.2) is 30.9 Å². The van der Waals surface area contributed by atoms with E-state index in [1.807, 2.05) is 11.4 Å². The molecule has 0 heterocycles. The summed E-state index contributed by atoms with van der Waals surface area (Å²) in [7, 11) is 0. The number of ether oxygens (including phenoxy) is 1. The number of rotatable bonds is 6. The van der Waals surface area contributed by atoms with Gasteiger partial charge >= 0.3 is 5.97 Å². The van der Waals surface area contributed by atoms with Crippen LogP contribution in [0.25, 0.3) is 0 Å².